The molecule has 0 saturated heterocycles. The maximum Gasteiger partial charge on any atom is 0.375 e. The highest BCUT2D eigenvalue weighted by Crippen LogP contribution is 2.27. The van der Waals surface area contributed by atoms with E-state index in [4.69, 9.17) is 13.9 Å². The zero-order chi connectivity index (χ0) is 20.6. The molecule has 3 aromatic rings. The molecule has 0 radical (unpaired) electrons. The summed E-state index contributed by atoms with van der Waals surface area (Å²) < 4.78 is 15.7. The molecule has 2 aromatic carbocycles. The van der Waals surface area contributed by atoms with Gasteiger partial charge in [0.25, 0.3) is 5.91 Å². The number of fused-ring (bicyclic) bond motifs is 1. The fourth-order valence-electron chi connectivity index (χ4n) is 2.73. The first kappa shape index (κ1) is 20.1. The summed E-state index contributed by atoms with van der Waals surface area (Å²) in [6.07, 6.45) is 0. The molecule has 8 nitrogen and oxygen atoms in total. The van der Waals surface area contributed by atoms with Gasteiger partial charge in [0, 0.05) is 24.6 Å². The van der Waals surface area contributed by atoms with Crippen molar-refractivity contribution in [3.8, 4) is 0 Å². The lowest BCUT2D eigenvalue weighted by Crippen LogP contribution is -2.41. The van der Waals surface area contributed by atoms with Crippen molar-refractivity contribution >= 4 is 28.9 Å². The molecule has 1 heterocycles. The molecule has 2 N–H and O–H groups in total. The second-order valence-electron chi connectivity index (χ2n) is 6.13. The average Bonchev–Trinajstić information content (AvgIpc) is 3.10. The average molecular weight is 396 g/mol. The second-order valence-corrected chi connectivity index (χ2v) is 6.13. The van der Waals surface area contributed by atoms with Crippen molar-refractivity contribution in [3.05, 3.63) is 71.5 Å². The van der Waals surface area contributed by atoms with Gasteiger partial charge in [0.1, 0.15) is 5.58 Å². The van der Waals surface area contributed by atoms with Gasteiger partial charge < -0.3 is 19.2 Å². The van der Waals surface area contributed by atoms with Crippen LogP contribution >= 0.6 is 0 Å². The number of methoxy groups -OCH3 is 1. The molecule has 0 aliphatic heterocycles. The van der Waals surface area contributed by atoms with Crippen molar-refractivity contribution in [2.45, 2.75) is 13.2 Å². The number of ether oxygens (including phenoxy) is 2. The van der Waals surface area contributed by atoms with Gasteiger partial charge in [-0.3, -0.25) is 10.1 Å². The normalized spacial score (nSPS) is 10.5. The maximum atomic E-state index is 12.4. The molecule has 0 aliphatic carbocycles. The SMILES string of the molecule is COCc1c(C(=O)OCC(=O)NC(=O)NCc2ccccc2)oc2ccccc12. The minimum atomic E-state index is -0.812. The number of esters is 1. The molecule has 0 saturated carbocycles. The van der Waals surface area contributed by atoms with Gasteiger partial charge in [-0.25, -0.2) is 9.59 Å². The molecule has 0 aliphatic rings. The van der Waals surface area contributed by atoms with Crippen molar-refractivity contribution in [1.29, 1.82) is 0 Å². The lowest BCUT2D eigenvalue weighted by Gasteiger charge is -2.07. The monoisotopic (exact) mass is 396 g/mol. The third kappa shape index (κ3) is 5.20. The first-order valence-electron chi connectivity index (χ1n) is 8.86. The fourth-order valence-corrected chi connectivity index (χ4v) is 2.73. The Morgan fingerprint density at radius 2 is 1.72 bits per heavy atom. The molecule has 0 unspecified atom stereocenters. The van der Waals surface area contributed by atoms with Crippen molar-refractivity contribution in [2.24, 2.45) is 0 Å². The largest absolute Gasteiger partial charge is 0.450 e. The van der Waals surface area contributed by atoms with E-state index >= 15 is 0 Å². The van der Waals surface area contributed by atoms with Crippen LogP contribution in [0.1, 0.15) is 21.7 Å². The van der Waals surface area contributed by atoms with Crippen LogP contribution < -0.4 is 10.6 Å². The molecular formula is C21H20N2O6. The lowest BCUT2D eigenvalue weighted by molar-refractivity contribution is -0.123. The number of rotatable bonds is 7. The molecule has 0 atom stereocenters. The third-order valence-electron chi connectivity index (χ3n) is 4.06. The van der Waals surface area contributed by atoms with Crippen LogP contribution in [0.15, 0.2) is 59.0 Å². The number of benzene rings is 2. The van der Waals surface area contributed by atoms with Gasteiger partial charge in [0.15, 0.2) is 6.61 Å². The summed E-state index contributed by atoms with van der Waals surface area (Å²) in [6.45, 7) is -0.213. The van der Waals surface area contributed by atoms with E-state index in [-0.39, 0.29) is 18.9 Å². The second kappa shape index (κ2) is 9.52. The number of hydrogen-bond donors (Lipinski definition) is 2. The maximum absolute atomic E-state index is 12.4. The number of carbonyl (C=O) groups is 3. The fraction of sp³-hybridized carbons (Fsp3) is 0.190. The Morgan fingerprint density at radius 3 is 2.48 bits per heavy atom. The Hall–Kier alpha value is -3.65. The summed E-state index contributed by atoms with van der Waals surface area (Å²) in [7, 11) is 1.50. The smallest absolute Gasteiger partial charge is 0.375 e. The zero-order valence-electron chi connectivity index (χ0n) is 15.8. The van der Waals surface area contributed by atoms with Crippen LogP contribution in [0.4, 0.5) is 4.79 Å². The van der Waals surface area contributed by atoms with Crippen LogP contribution in [-0.4, -0.2) is 31.6 Å². The van der Waals surface area contributed by atoms with E-state index in [1.807, 2.05) is 36.4 Å². The molecule has 3 rings (SSSR count). The predicted molar refractivity (Wildman–Crippen MR) is 104 cm³/mol. The first-order valence-corrected chi connectivity index (χ1v) is 8.86. The summed E-state index contributed by atoms with van der Waals surface area (Å²) >= 11 is 0. The summed E-state index contributed by atoms with van der Waals surface area (Å²) in [5.74, 6) is -1.60. The topological polar surface area (TPSA) is 107 Å². The lowest BCUT2D eigenvalue weighted by atomic mass is 10.1. The molecule has 3 amide bonds. The summed E-state index contributed by atoms with van der Waals surface area (Å²) in [4.78, 5) is 36.0. The number of nitrogens with one attached hydrogen (secondary N) is 2. The number of imide groups is 1. The molecule has 1 aromatic heterocycles. The van der Waals surface area contributed by atoms with Crippen LogP contribution in [0.3, 0.4) is 0 Å². The molecule has 29 heavy (non-hydrogen) atoms. The van der Waals surface area contributed by atoms with Gasteiger partial charge in [0.2, 0.25) is 5.76 Å². The number of carbonyl (C=O) groups excluding carboxylic acids is 3. The van der Waals surface area contributed by atoms with Crippen molar-refractivity contribution in [3.63, 3.8) is 0 Å². The van der Waals surface area contributed by atoms with E-state index in [1.54, 1.807) is 18.2 Å². The van der Waals surface area contributed by atoms with E-state index in [9.17, 15) is 14.4 Å². The molecule has 0 fully saturated rings. The van der Waals surface area contributed by atoms with Crippen molar-refractivity contribution < 1.29 is 28.3 Å². The summed E-state index contributed by atoms with van der Waals surface area (Å²) in [5, 5.41) is 5.38. The van der Waals surface area contributed by atoms with E-state index in [1.165, 1.54) is 7.11 Å². The van der Waals surface area contributed by atoms with Gasteiger partial charge in [0.05, 0.1) is 6.61 Å². The minimum absolute atomic E-state index is 0.0330. The highest BCUT2D eigenvalue weighted by Gasteiger charge is 2.22. The Bertz CT molecular complexity index is 1010. The number of urea groups is 1. The third-order valence-corrected chi connectivity index (χ3v) is 4.06. The molecule has 0 bridgehead atoms. The van der Waals surface area contributed by atoms with E-state index in [0.717, 1.165) is 10.9 Å². The molecule has 150 valence electrons. The van der Waals surface area contributed by atoms with Gasteiger partial charge in [-0.05, 0) is 11.6 Å². The quantitative estimate of drug-likeness (QED) is 0.595. The van der Waals surface area contributed by atoms with E-state index in [2.05, 4.69) is 10.6 Å². The van der Waals surface area contributed by atoms with Crippen molar-refractivity contribution in [1.82, 2.24) is 10.6 Å². The van der Waals surface area contributed by atoms with Crippen LogP contribution in [0.25, 0.3) is 11.0 Å². The van der Waals surface area contributed by atoms with Gasteiger partial charge >= 0.3 is 12.0 Å². The number of amides is 3. The molecule has 8 heteroatoms. The molecule has 0 spiro atoms. The van der Waals surface area contributed by atoms with Crippen LogP contribution in [0.2, 0.25) is 0 Å². The Labute approximate surface area is 166 Å². The highest BCUT2D eigenvalue weighted by atomic mass is 16.5. The van der Waals surface area contributed by atoms with E-state index < -0.39 is 24.5 Å². The zero-order valence-corrected chi connectivity index (χ0v) is 15.8. The summed E-state index contributed by atoms with van der Waals surface area (Å²) in [6, 6.07) is 15.7. The molecular weight excluding hydrogens is 376 g/mol. The summed E-state index contributed by atoms with van der Waals surface area (Å²) in [5.41, 5.74) is 1.93. The first-order chi connectivity index (χ1) is 14.1. The van der Waals surface area contributed by atoms with Crippen LogP contribution in [-0.2, 0) is 27.4 Å². The van der Waals surface area contributed by atoms with Gasteiger partial charge in [-0.2, -0.15) is 0 Å². The van der Waals surface area contributed by atoms with Crippen LogP contribution in [0.5, 0.6) is 0 Å². The van der Waals surface area contributed by atoms with Crippen LogP contribution in [0, 0.1) is 0 Å². The Kier molecular flexibility index (Phi) is 6.59. The van der Waals surface area contributed by atoms with Gasteiger partial charge in [-0.15, -0.1) is 0 Å². The van der Waals surface area contributed by atoms with Gasteiger partial charge in [-0.1, -0.05) is 48.5 Å². The number of para-hydroxylation sites is 1. The highest BCUT2D eigenvalue weighted by molar-refractivity contribution is 5.98. The minimum Gasteiger partial charge on any atom is -0.450 e. The Morgan fingerprint density at radius 1 is 1.00 bits per heavy atom. The van der Waals surface area contributed by atoms with E-state index in [0.29, 0.717) is 11.1 Å². The predicted octanol–water partition coefficient (Wildman–Crippen LogP) is 2.76. The van der Waals surface area contributed by atoms with Crippen molar-refractivity contribution in [2.75, 3.05) is 13.7 Å². The standard InChI is InChI=1S/C21H20N2O6/c1-27-12-16-15-9-5-6-10-17(15)29-19(16)20(25)28-13-18(24)23-21(26)22-11-14-7-3-2-4-8-14/h2-10H,11-13H2,1H3,(H2,22,23,24,26). The number of hydrogen-bond acceptors (Lipinski definition) is 6. The number of furan rings is 1. The Balaban J connectivity index is 1.53.